The van der Waals surface area contributed by atoms with Crippen LogP contribution >= 0.6 is 0 Å². The van der Waals surface area contributed by atoms with Crippen molar-refractivity contribution in [2.75, 3.05) is 0 Å². The molecule has 0 aliphatic rings. The average molecular weight is 289 g/mol. The maximum Gasteiger partial charge on any atom is 0.573 e. The highest BCUT2D eigenvalue weighted by Gasteiger charge is 2.33. The number of ether oxygens (including phenoxy) is 1. The van der Waals surface area contributed by atoms with Crippen LogP contribution in [-0.2, 0) is 5.34 Å². The Morgan fingerprint density at radius 3 is 2.10 bits per heavy atom. The molecule has 2 nitrogen and oxygen atoms in total. The van der Waals surface area contributed by atoms with E-state index in [2.05, 4.69) is 10.1 Å². The minimum absolute atomic E-state index is 0.120. The summed E-state index contributed by atoms with van der Waals surface area (Å²) in [6.45, 7) is 5.67. The second-order valence-electron chi connectivity index (χ2n) is 6.19. The standard InChI is InChI=1S/C12H17B2F4NO/c1-10(2,3)19-11(13,14)8-6-7(4-5-9(8)15)20-12(16,17)18/h4-6,19H,13-14H2,1-3H3. The molecule has 0 saturated carbocycles. The van der Waals surface area contributed by atoms with Gasteiger partial charge in [0.1, 0.15) is 27.3 Å². The van der Waals surface area contributed by atoms with Crippen molar-refractivity contribution in [3.8, 4) is 5.75 Å². The van der Waals surface area contributed by atoms with Crippen LogP contribution in [-0.4, -0.2) is 27.6 Å². The van der Waals surface area contributed by atoms with Gasteiger partial charge in [0.2, 0.25) is 0 Å². The number of benzene rings is 1. The molecule has 0 atom stereocenters. The number of alkyl halides is 3. The van der Waals surface area contributed by atoms with Crippen LogP contribution in [0.4, 0.5) is 17.6 Å². The normalized spacial score (nSPS) is 13.3. The number of halogens is 4. The van der Waals surface area contributed by atoms with E-state index >= 15 is 0 Å². The zero-order chi connectivity index (χ0) is 15.8. The molecule has 0 bridgehead atoms. The van der Waals surface area contributed by atoms with E-state index < -0.39 is 23.3 Å². The van der Waals surface area contributed by atoms with E-state index in [0.29, 0.717) is 0 Å². The highest BCUT2D eigenvalue weighted by Crippen LogP contribution is 2.28. The van der Waals surface area contributed by atoms with Crippen LogP contribution in [0.15, 0.2) is 18.2 Å². The van der Waals surface area contributed by atoms with E-state index in [1.165, 1.54) is 0 Å². The predicted molar refractivity (Wildman–Crippen MR) is 74.7 cm³/mol. The van der Waals surface area contributed by atoms with Crippen molar-refractivity contribution in [2.24, 2.45) is 0 Å². The summed E-state index contributed by atoms with van der Waals surface area (Å²) in [7, 11) is 3.40. The van der Waals surface area contributed by atoms with Gasteiger partial charge in [-0.3, -0.25) is 0 Å². The number of nitrogens with one attached hydrogen (secondary N) is 1. The fraction of sp³-hybridized carbons (Fsp3) is 0.500. The third kappa shape index (κ3) is 5.07. The molecule has 0 spiro atoms. The van der Waals surface area contributed by atoms with Gasteiger partial charge < -0.3 is 10.1 Å². The van der Waals surface area contributed by atoms with Crippen molar-refractivity contribution in [1.29, 1.82) is 0 Å². The van der Waals surface area contributed by atoms with Crippen LogP contribution in [0.3, 0.4) is 0 Å². The fourth-order valence-electron chi connectivity index (χ4n) is 2.19. The summed E-state index contributed by atoms with van der Waals surface area (Å²) < 4.78 is 54.4. The van der Waals surface area contributed by atoms with Crippen molar-refractivity contribution >= 4 is 15.7 Å². The first kappa shape index (κ1) is 16.9. The van der Waals surface area contributed by atoms with E-state index in [9.17, 15) is 17.6 Å². The SMILES string of the molecule is BC(B)(NC(C)(C)C)c1cc(OC(F)(F)F)ccc1F. The van der Waals surface area contributed by atoms with Crippen molar-refractivity contribution in [2.45, 2.75) is 38.0 Å². The second kappa shape index (κ2) is 5.31. The average Bonchev–Trinajstić information content (AvgIpc) is 2.14. The van der Waals surface area contributed by atoms with Crippen molar-refractivity contribution in [1.82, 2.24) is 5.32 Å². The molecule has 0 amide bonds. The van der Waals surface area contributed by atoms with Gasteiger partial charge in [-0.1, -0.05) is 0 Å². The fourth-order valence-corrected chi connectivity index (χ4v) is 2.19. The molecule has 20 heavy (non-hydrogen) atoms. The smallest absolute Gasteiger partial charge is 0.406 e. The molecular formula is C12H17B2F4NO. The van der Waals surface area contributed by atoms with Gasteiger partial charge in [0.15, 0.2) is 0 Å². The summed E-state index contributed by atoms with van der Waals surface area (Å²) >= 11 is 0. The largest absolute Gasteiger partial charge is 0.573 e. The maximum atomic E-state index is 13.9. The molecule has 8 heteroatoms. The molecule has 1 aromatic rings. The first-order chi connectivity index (χ1) is 8.80. The molecule has 0 aliphatic heterocycles. The zero-order valence-corrected chi connectivity index (χ0v) is 12.2. The molecule has 0 fully saturated rings. The molecule has 0 aromatic heterocycles. The maximum absolute atomic E-state index is 13.9. The number of hydrogen-bond donors (Lipinski definition) is 1. The Morgan fingerprint density at radius 1 is 1.10 bits per heavy atom. The van der Waals surface area contributed by atoms with Crippen LogP contribution in [0.1, 0.15) is 26.3 Å². The van der Waals surface area contributed by atoms with Crippen LogP contribution in [0, 0.1) is 5.82 Å². The van der Waals surface area contributed by atoms with E-state index in [4.69, 9.17) is 0 Å². The summed E-state index contributed by atoms with van der Waals surface area (Å²) in [5.41, 5.74) is -0.203. The van der Waals surface area contributed by atoms with E-state index in [1.54, 1.807) is 15.7 Å². The lowest BCUT2D eigenvalue weighted by molar-refractivity contribution is -0.274. The Bertz CT molecular complexity index is 483. The Kier molecular flexibility index (Phi) is 4.49. The van der Waals surface area contributed by atoms with Crippen molar-refractivity contribution in [3.63, 3.8) is 0 Å². The number of hydrogen-bond acceptors (Lipinski definition) is 2. The highest BCUT2D eigenvalue weighted by molar-refractivity contribution is 6.39. The topological polar surface area (TPSA) is 21.3 Å². The van der Waals surface area contributed by atoms with E-state index in [-0.39, 0.29) is 11.1 Å². The first-order valence-electron chi connectivity index (χ1n) is 6.15. The first-order valence-corrected chi connectivity index (χ1v) is 6.15. The Labute approximate surface area is 117 Å². The van der Waals surface area contributed by atoms with Crippen molar-refractivity contribution in [3.05, 3.63) is 29.6 Å². The number of rotatable bonds is 3. The Hall–Kier alpha value is -1.17. The lowest BCUT2D eigenvalue weighted by atomic mass is 9.57. The third-order valence-electron chi connectivity index (χ3n) is 2.53. The van der Waals surface area contributed by atoms with Crippen LogP contribution < -0.4 is 10.1 Å². The summed E-state index contributed by atoms with van der Waals surface area (Å²) in [5, 5.41) is 2.33. The molecule has 1 N–H and O–H groups in total. The lowest BCUT2D eigenvalue weighted by Crippen LogP contribution is -2.53. The third-order valence-corrected chi connectivity index (χ3v) is 2.53. The lowest BCUT2D eigenvalue weighted by Gasteiger charge is -2.36. The highest BCUT2D eigenvalue weighted by atomic mass is 19.4. The predicted octanol–water partition coefficient (Wildman–Crippen LogP) is 1.49. The molecule has 0 radical (unpaired) electrons. The van der Waals surface area contributed by atoms with Gasteiger partial charge >= 0.3 is 6.36 Å². The van der Waals surface area contributed by atoms with Gasteiger partial charge in [0, 0.05) is 5.54 Å². The van der Waals surface area contributed by atoms with Crippen LogP contribution in [0.5, 0.6) is 5.75 Å². The second-order valence-corrected chi connectivity index (χ2v) is 6.19. The molecule has 0 aliphatic carbocycles. The molecule has 0 unspecified atom stereocenters. The summed E-state index contributed by atoms with van der Waals surface area (Å²) in [6.07, 6.45) is -4.79. The summed E-state index contributed by atoms with van der Waals surface area (Å²) in [5.74, 6) is -1.01. The van der Waals surface area contributed by atoms with E-state index in [0.717, 1.165) is 18.2 Å². The van der Waals surface area contributed by atoms with Gasteiger partial charge in [-0.05, 0) is 49.9 Å². The molecule has 0 saturated heterocycles. The van der Waals surface area contributed by atoms with E-state index in [1.807, 2.05) is 20.8 Å². The zero-order valence-electron chi connectivity index (χ0n) is 12.2. The molecule has 110 valence electrons. The monoisotopic (exact) mass is 289 g/mol. The minimum Gasteiger partial charge on any atom is -0.406 e. The summed E-state index contributed by atoms with van der Waals surface area (Å²) in [4.78, 5) is 0. The Balaban J connectivity index is 3.14. The van der Waals surface area contributed by atoms with Gasteiger partial charge in [-0.2, -0.15) is 0 Å². The molecule has 1 rings (SSSR count). The van der Waals surface area contributed by atoms with Gasteiger partial charge in [-0.25, -0.2) is 4.39 Å². The van der Waals surface area contributed by atoms with Gasteiger partial charge in [0.25, 0.3) is 0 Å². The van der Waals surface area contributed by atoms with Crippen LogP contribution in [0.2, 0.25) is 0 Å². The summed E-state index contributed by atoms with van der Waals surface area (Å²) in [6, 6.07) is 3.00. The van der Waals surface area contributed by atoms with Gasteiger partial charge in [0.05, 0.1) is 0 Å². The molecule has 1 aromatic carbocycles. The minimum atomic E-state index is -4.79. The van der Waals surface area contributed by atoms with Crippen molar-refractivity contribution < 1.29 is 22.3 Å². The van der Waals surface area contributed by atoms with Crippen LogP contribution in [0.25, 0.3) is 0 Å². The quantitative estimate of drug-likeness (QED) is 0.672. The molecular weight excluding hydrogens is 272 g/mol. The van der Waals surface area contributed by atoms with Gasteiger partial charge in [-0.15, -0.1) is 13.2 Å². The Morgan fingerprint density at radius 2 is 1.65 bits per heavy atom. The molecule has 0 heterocycles.